The number of methoxy groups -OCH3 is 3. The zero-order valence-corrected chi connectivity index (χ0v) is 18.6. The lowest BCUT2D eigenvalue weighted by molar-refractivity contribution is -0.153. The maximum Gasteiger partial charge on any atom is 0.321 e. The van der Waals surface area contributed by atoms with Crippen molar-refractivity contribution in [2.75, 3.05) is 54.1 Å². The number of benzene rings is 1. The van der Waals surface area contributed by atoms with E-state index in [0.717, 1.165) is 6.41 Å². The summed E-state index contributed by atoms with van der Waals surface area (Å²) in [5.74, 6) is -0.862. The van der Waals surface area contributed by atoms with E-state index < -0.39 is 23.8 Å². The summed E-state index contributed by atoms with van der Waals surface area (Å²) in [6.07, 6.45) is 0.800. The van der Waals surface area contributed by atoms with Gasteiger partial charge in [0.1, 0.15) is 6.04 Å². The van der Waals surface area contributed by atoms with Crippen LogP contribution < -0.4 is 19.5 Å². The first kappa shape index (κ1) is 23.2. The van der Waals surface area contributed by atoms with Crippen molar-refractivity contribution < 1.29 is 33.3 Å². The first-order valence-corrected chi connectivity index (χ1v) is 10.3. The van der Waals surface area contributed by atoms with Gasteiger partial charge >= 0.3 is 5.97 Å². The summed E-state index contributed by atoms with van der Waals surface area (Å²) in [6.45, 7) is 3.83. The summed E-state index contributed by atoms with van der Waals surface area (Å²) in [5.41, 5.74) is 0.538. The number of rotatable bonds is 7. The SMILES string of the molecule is CCOC(=O)[C@H]1C(=O)NC(N2CCN(C=O)CC2)=N[C@H]1c1cc(OC)c(OC)c(OC)c1. The van der Waals surface area contributed by atoms with Crippen molar-refractivity contribution in [1.29, 1.82) is 0 Å². The smallest absolute Gasteiger partial charge is 0.321 e. The fourth-order valence-electron chi connectivity index (χ4n) is 3.78. The number of hydrogen-bond acceptors (Lipinski definition) is 9. The van der Waals surface area contributed by atoms with E-state index >= 15 is 0 Å². The van der Waals surface area contributed by atoms with Gasteiger partial charge in [-0.25, -0.2) is 4.99 Å². The highest BCUT2D eigenvalue weighted by Crippen LogP contribution is 2.42. The maximum atomic E-state index is 13.0. The van der Waals surface area contributed by atoms with Gasteiger partial charge in [-0.05, 0) is 24.6 Å². The monoisotopic (exact) mass is 448 g/mol. The number of piperazine rings is 1. The zero-order valence-electron chi connectivity index (χ0n) is 18.6. The molecule has 0 spiro atoms. The number of carbonyl (C=O) groups excluding carboxylic acids is 3. The molecule has 1 aromatic rings. The lowest BCUT2D eigenvalue weighted by Crippen LogP contribution is -2.57. The first-order chi connectivity index (χ1) is 15.5. The molecule has 1 aromatic carbocycles. The van der Waals surface area contributed by atoms with Gasteiger partial charge in [-0.3, -0.25) is 19.7 Å². The van der Waals surface area contributed by atoms with E-state index in [-0.39, 0.29) is 6.61 Å². The molecule has 11 heteroatoms. The minimum atomic E-state index is -1.18. The molecule has 0 aromatic heterocycles. The molecule has 11 nitrogen and oxygen atoms in total. The Morgan fingerprint density at radius 3 is 2.25 bits per heavy atom. The van der Waals surface area contributed by atoms with Crippen molar-refractivity contribution in [3.8, 4) is 17.2 Å². The van der Waals surface area contributed by atoms with Crippen molar-refractivity contribution in [3.63, 3.8) is 0 Å². The molecule has 0 unspecified atom stereocenters. The Bertz CT molecular complexity index is 871. The third kappa shape index (κ3) is 4.56. The fraction of sp³-hybridized carbons (Fsp3) is 0.524. The average molecular weight is 448 g/mol. The molecule has 2 aliphatic heterocycles. The summed E-state index contributed by atoms with van der Waals surface area (Å²) >= 11 is 0. The highest BCUT2D eigenvalue weighted by molar-refractivity contribution is 6.08. The van der Waals surface area contributed by atoms with Gasteiger partial charge in [0.25, 0.3) is 0 Å². The van der Waals surface area contributed by atoms with Crippen LogP contribution in [0.2, 0.25) is 0 Å². The van der Waals surface area contributed by atoms with Crippen LogP contribution >= 0.6 is 0 Å². The van der Waals surface area contributed by atoms with E-state index in [2.05, 4.69) is 5.32 Å². The van der Waals surface area contributed by atoms with Crippen LogP contribution in [0.1, 0.15) is 18.5 Å². The molecule has 0 radical (unpaired) electrons. The molecule has 174 valence electrons. The van der Waals surface area contributed by atoms with Crippen molar-refractivity contribution in [3.05, 3.63) is 17.7 Å². The quantitative estimate of drug-likeness (QED) is 0.357. The zero-order chi connectivity index (χ0) is 23.3. The van der Waals surface area contributed by atoms with Crippen LogP contribution in [0, 0.1) is 5.92 Å². The summed E-state index contributed by atoms with van der Waals surface area (Å²) in [5, 5.41) is 2.73. The number of nitrogens with zero attached hydrogens (tertiary/aromatic N) is 3. The summed E-state index contributed by atoms with van der Waals surface area (Å²) in [7, 11) is 4.46. The average Bonchev–Trinajstić information content (AvgIpc) is 2.82. The minimum Gasteiger partial charge on any atom is -0.493 e. The summed E-state index contributed by atoms with van der Waals surface area (Å²) in [6, 6.07) is 2.47. The van der Waals surface area contributed by atoms with Gasteiger partial charge in [0, 0.05) is 26.2 Å². The molecule has 2 atom stereocenters. The Morgan fingerprint density at radius 1 is 1.12 bits per heavy atom. The lowest BCUT2D eigenvalue weighted by Gasteiger charge is -2.37. The van der Waals surface area contributed by atoms with Gasteiger partial charge in [-0.15, -0.1) is 0 Å². The van der Waals surface area contributed by atoms with Crippen molar-refractivity contribution >= 4 is 24.2 Å². The van der Waals surface area contributed by atoms with E-state index in [4.69, 9.17) is 23.9 Å². The molecule has 0 aliphatic carbocycles. The first-order valence-electron chi connectivity index (χ1n) is 10.3. The standard InChI is InChI=1S/C21H28N4O7/c1-5-32-20(28)16-17(13-10-14(29-2)18(31-4)15(11-13)30-3)22-21(23-19(16)27)25-8-6-24(12-26)7-9-25/h10-12,16-17H,5-9H2,1-4H3,(H,22,23,27)/t16-,17+/m1/s1. The van der Waals surface area contributed by atoms with E-state index in [1.807, 2.05) is 4.90 Å². The summed E-state index contributed by atoms with van der Waals surface area (Å²) in [4.78, 5) is 45.0. The maximum absolute atomic E-state index is 13.0. The fourth-order valence-corrected chi connectivity index (χ4v) is 3.78. The Kier molecular flexibility index (Phi) is 7.39. The number of esters is 1. The lowest BCUT2D eigenvalue weighted by atomic mass is 9.90. The summed E-state index contributed by atoms with van der Waals surface area (Å²) < 4.78 is 21.4. The van der Waals surface area contributed by atoms with Crippen molar-refractivity contribution in [1.82, 2.24) is 15.1 Å². The highest BCUT2D eigenvalue weighted by atomic mass is 16.5. The molecule has 1 N–H and O–H groups in total. The molecule has 0 bridgehead atoms. The number of hydrogen-bond donors (Lipinski definition) is 1. The third-order valence-corrected chi connectivity index (χ3v) is 5.43. The highest BCUT2D eigenvalue weighted by Gasteiger charge is 2.42. The number of ether oxygens (including phenoxy) is 4. The molecule has 2 heterocycles. The molecular weight excluding hydrogens is 420 g/mol. The Morgan fingerprint density at radius 2 is 1.75 bits per heavy atom. The minimum absolute atomic E-state index is 0.134. The topological polar surface area (TPSA) is 119 Å². The van der Waals surface area contributed by atoms with Crippen LogP contribution in [-0.4, -0.2) is 88.2 Å². The molecular formula is C21H28N4O7. The van der Waals surface area contributed by atoms with Crippen molar-refractivity contribution in [2.45, 2.75) is 13.0 Å². The van der Waals surface area contributed by atoms with Crippen LogP contribution in [0.4, 0.5) is 0 Å². The predicted octanol–water partition coefficient (Wildman–Crippen LogP) is 0.193. The van der Waals surface area contributed by atoms with Crippen LogP contribution in [-0.2, 0) is 19.1 Å². The molecule has 2 aliphatic rings. The van der Waals surface area contributed by atoms with Crippen LogP contribution in [0.25, 0.3) is 0 Å². The molecule has 32 heavy (non-hydrogen) atoms. The number of amides is 2. The van der Waals surface area contributed by atoms with Gasteiger partial charge in [0.05, 0.1) is 27.9 Å². The van der Waals surface area contributed by atoms with Gasteiger partial charge in [-0.2, -0.15) is 0 Å². The van der Waals surface area contributed by atoms with E-state index in [1.165, 1.54) is 21.3 Å². The Labute approximate surface area is 186 Å². The number of carbonyl (C=O) groups is 3. The number of guanidine groups is 1. The van der Waals surface area contributed by atoms with Crippen LogP contribution in [0.5, 0.6) is 17.2 Å². The molecule has 1 fully saturated rings. The van der Waals surface area contributed by atoms with Gasteiger partial charge in [0.2, 0.25) is 24.0 Å². The van der Waals surface area contributed by atoms with E-state index in [1.54, 1.807) is 24.0 Å². The van der Waals surface area contributed by atoms with E-state index in [9.17, 15) is 14.4 Å². The molecule has 3 rings (SSSR count). The molecule has 0 saturated carbocycles. The van der Waals surface area contributed by atoms with Crippen LogP contribution in [0.15, 0.2) is 17.1 Å². The largest absolute Gasteiger partial charge is 0.493 e. The molecule has 2 amide bonds. The van der Waals surface area contributed by atoms with Gasteiger partial charge in [-0.1, -0.05) is 0 Å². The number of nitrogens with one attached hydrogen (secondary N) is 1. The molecule has 1 saturated heterocycles. The normalized spacial score (nSPS) is 20.8. The second kappa shape index (κ2) is 10.2. The number of aliphatic imine (C=N–C) groups is 1. The van der Waals surface area contributed by atoms with Crippen molar-refractivity contribution in [2.24, 2.45) is 10.9 Å². The second-order valence-corrected chi connectivity index (χ2v) is 7.20. The van der Waals surface area contributed by atoms with Gasteiger partial charge in [0.15, 0.2) is 17.4 Å². The Balaban J connectivity index is 2.05. The third-order valence-electron chi connectivity index (χ3n) is 5.43. The van der Waals surface area contributed by atoms with Crippen LogP contribution in [0.3, 0.4) is 0 Å². The predicted molar refractivity (Wildman–Crippen MR) is 114 cm³/mol. The Hall–Kier alpha value is -3.50. The second-order valence-electron chi connectivity index (χ2n) is 7.20. The van der Waals surface area contributed by atoms with Gasteiger partial charge < -0.3 is 28.7 Å². The van der Waals surface area contributed by atoms with E-state index in [0.29, 0.717) is 55.0 Å².